The summed E-state index contributed by atoms with van der Waals surface area (Å²) in [5.74, 6) is 0.0943. The standard InChI is InChI=1S/C15H10N4O3S2/c1-22-9-3-2-4-10-11(9)17-14(24-10)18-12(20)8-7-16-15-19(13(8)21)5-6-23-15/h2-7H,1H3,(H,17,18,20). The zero-order valence-electron chi connectivity index (χ0n) is 12.3. The van der Waals surface area contributed by atoms with E-state index < -0.39 is 11.5 Å². The summed E-state index contributed by atoms with van der Waals surface area (Å²) in [6.07, 6.45) is 2.88. The monoisotopic (exact) mass is 358 g/mol. The van der Waals surface area contributed by atoms with E-state index in [1.165, 1.54) is 33.3 Å². The van der Waals surface area contributed by atoms with Crippen LogP contribution in [0.4, 0.5) is 5.13 Å². The zero-order valence-corrected chi connectivity index (χ0v) is 14.0. The molecule has 0 bridgehead atoms. The van der Waals surface area contributed by atoms with E-state index in [1.54, 1.807) is 24.8 Å². The number of ether oxygens (including phenoxy) is 1. The first kappa shape index (κ1) is 14.8. The number of nitrogens with zero attached hydrogens (tertiary/aromatic N) is 3. The molecule has 0 aliphatic heterocycles. The summed E-state index contributed by atoms with van der Waals surface area (Å²) >= 11 is 2.64. The molecule has 0 aliphatic rings. The Kier molecular flexibility index (Phi) is 3.51. The summed E-state index contributed by atoms with van der Waals surface area (Å²) in [7, 11) is 1.56. The topological polar surface area (TPSA) is 85.6 Å². The number of hydrogen-bond donors (Lipinski definition) is 1. The molecule has 0 fully saturated rings. The maximum absolute atomic E-state index is 12.4. The molecule has 3 heterocycles. The first-order chi connectivity index (χ1) is 11.7. The first-order valence-corrected chi connectivity index (χ1v) is 8.57. The molecule has 0 radical (unpaired) electrons. The molecule has 7 nitrogen and oxygen atoms in total. The molecular weight excluding hydrogens is 348 g/mol. The van der Waals surface area contributed by atoms with Gasteiger partial charge in [0.15, 0.2) is 10.1 Å². The molecule has 1 aromatic carbocycles. The van der Waals surface area contributed by atoms with Crippen molar-refractivity contribution >= 4 is 48.9 Å². The molecule has 9 heteroatoms. The molecule has 0 spiro atoms. The van der Waals surface area contributed by atoms with Crippen LogP contribution in [-0.2, 0) is 0 Å². The van der Waals surface area contributed by atoms with Crippen molar-refractivity contribution in [2.24, 2.45) is 0 Å². The summed E-state index contributed by atoms with van der Waals surface area (Å²) < 4.78 is 7.49. The number of para-hydroxylation sites is 1. The SMILES string of the molecule is COc1cccc2sc(NC(=O)c3cnc4sccn4c3=O)nc12. The number of hydrogen-bond acceptors (Lipinski definition) is 7. The van der Waals surface area contributed by atoms with Crippen molar-refractivity contribution in [3.8, 4) is 5.75 Å². The van der Waals surface area contributed by atoms with Crippen LogP contribution in [0.3, 0.4) is 0 Å². The van der Waals surface area contributed by atoms with Gasteiger partial charge in [-0.3, -0.25) is 19.3 Å². The predicted molar refractivity (Wildman–Crippen MR) is 93.5 cm³/mol. The van der Waals surface area contributed by atoms with Crippen LogP contribution in [0.25, 0.3) is 15.2 Å². The summed E-state index contributed by atoms with van der Waals surface area (Å²) in [5.41, 5.74) is 0.234. The fraction of sp³-hybridized carbons (Fsp3) is 0.0667. The Morgan fingerprint density at radius 3 is 3.08 bits per heavy atom. The fourth-order valence-corrected chi connectivity index (χ4v) is 3.84. The molecule has 0 saturated carbocycles. The lowest BCUT2D eigenvalue weighted by Gasteiger charge is -2.01. The highest BCUT2D eigenvalue weighted by molar-refractivity contribution is 7.22. The number of rotatable bonds is 3. The summed E-state index contributed by atoms with van der Waals surface area (Å²) in [6, 6.07) is 5.54. The number of carbonyl (C=O) groups is 1. The van der Waals surface area contributed by atoms with Crippen LogP contribution < -0.4 is 15.6 Å². The molecule has 0 unspecified atom stereocenters. The van der Waals surface area contributed by atoms with Crippen LogP contribution in [0.2, 0.25) is 0 Å². The van der Waals surface area contributed by atoms with Gasteiger partial charge in [-0.15, -0.1) is 11.3 Å². The number of methoxy groups -OCH3 is 1. The van der Waals surface area contributed by atoms with E-state index in [1.807, 2.05) is 12.1 Å². The van der Waals surface area contributed by atoms with Crippen molar-refractivity contribution in [3.63, 3.8) is 0 Å². The second kappa shape index (κ2) is 5.69. The Balaban J connectivity index is 1.70. The molecule has 4 aromatic rings. The third kappa shape index (κ3) is 2.34. The largest absolute Gasteiger partial charge is 0.494 e. The van der Waals surface area contributed by atoms with Crippen molar-refractivity contribution < 1.29 is 9.53 Å². The second-order valence-corrected chi connectivity index (χ2v) is 6.72. The molecule has 3 aromatic heterocycles. The van der Waals surface area contributed by atoms with Gasteiger partial charge in [0.1, 0.15) is 16.8 Å². The predicted octanol–water partition coefficient (Wildman–Crippen LogP) is 2.63. The smallest absolute Gasteiger partial charge is 0.271 e. The molecular formula is C15H10N4O3S2. The van der Waals surface area contributed by atoms with Crippen LogP contribution in [0, 0.1) is 0 Å². The molecule has 4 rings (SSSR count). The van der Waals surface area contributed by atoms with Crippen LogP contribution in [-0.4, -0.2) is 27.4 Å². The number of thiazole rings is 2. The lowest BCUT2D eigenvalue weighted by Crippen LogP contribution is -2.25. The number of carbonyl (C=O) groups excluding carboxylic acids is 1. The molecule has 24 heavy (non-hydrogen) atoms. The van der Waals surface area contributed by atoms with Crippen molar-refractivity contribution in [1.29, 1.82) is 0 Å². The number of nitrogens with one attached hydrogen (secondary N) is 1. The Morgan fingerprint density at radius 1 is 1.38 bits per heavy atom. The van der Waals surface area contributed by atoms with Crippen LogP contribution in [0.5, 0.6) is 5.75 Å². The van der Waals surface area contributed by atoms with E-state index in [0.29, 0.717) is 21.4 Å². The van der Waals surface area contributed by atoms with Crippen molar-refractivity contribution in [3.05, 3.63) is 51.9 Å². The number of fused-ring (bicyclic) bond motifs is 2. The first-order valence-electron chi connectivity index (χ1n) is 6.87. The quantitative estimate of drug-likeness (QED) is 0.608. The maximum atomic E-state index is 12.4. The minimum atomic E-state index is -0.536. The number of anilines is 1. The number of amides is 1. The van der Waals surface area contributed by atoms with Crippen molar-refractivity contribution in [1.82, 2.24) is 14.4 Å². The van der Waals surface area contributed by atoms with E-state index in [2.05, 4.69) is 15.3 Å². The lowest BCUT2D eigenvalue weighted by atomic mass is 10.3. The van der Waals surface area contributed by atoms with Crippen LogP contribution in [0.15, 0.2) is 40.8 Å². The normalized spacial score (nSPS) is 11.0. The van der Waals surface area contributed by atoms with Gasteiger partial charge in [-0.1, -0.05) is 17.4 Å². The molecule has 1 N–H and O–H groups in total. The van der Waals surface area contributed by atoms with Gasteiger partial charge in [0.2, 0.25) is 0 Å². The van der Waals surface area contributed by atoms with Gasteiger partial charge in [0.05, 0.1) is 11.8 Å². The van der Waals surface area contributed by atoms with E-state index in [4.69, 9.17) is 4.74 Å². The Morgan fingerprint density at radius 2 is 2.25 bits per heavy atom. The minimum absolute atomic E-state index is 0.0304. The highest BCUT2D eigenvalue weighted by atomic mass is 32.1. The van der Waals surface area contributed by atoms with Gasteiger partial charge in [-0.25, -0.2) is 9.97 Å². The van der Waals surface area contributed by atoms with E-state index in [9.17, 15) is 9.59 Å². The fourth-order valence-electron chi connectivity index (χ4n) is 2.29. The third-order valence-electron chi connectivity index (χ3n) is 3.41. The molecule has 0 saturated heterocycles. The van der Waals surface area contributed by atoms with Gasteiger partial charge in [0.25, 0.3) is 11.5 Å². The van der Waals surface area contributed by atoms with Crippen LogP contribution >= 0.6 is 22.7 Å². The second-order valence-electron chi connectivity index (χ2n) is 4.81. The average molecular weight is 358 g/mol. The Hall–Kier alpha value is -2.78. The average Bonchev–Trinajstić information content (AvgIpc) is 3.20. The molecule has 0 atom stereocenters. The van der Waals surface area contributed by atoms with Gasteiger partial charge < -0.3 is 4.74 Å². The Bertz CT molecular complexity index is 1130. The lowest BCUT2D eigenvalue weighted by molar-refractivity contribution is 0.102. The third-order valence-corrected chi connectivity index (χ3v) is 5.12. The minimum Gasteiger partial charge on any atom is -0.494 e. The zero-order chi connectivity index (χ0) is 16.7. The maximum Gasteiger partial charge on any atom is 0.271 e. The van der Waals surface area contributed by atoms with E-state index in [0.717, 1.165) is 4.70 Å². The Labute approximate surface area is 143 Å². The summed E-state index contributed by atoms with van der Waals surface area (Å²) in [5, 5.41) is 4.80. The van der Waals surface area contributed by atoms with Crippen molar-refractivity contribution in [2.75, 3.05) is 12.4 Å². The number of benzene rings is 1. The molecule has 120 valence electrons. The van der Waals surface area contributed by atoms with Crippen molar-refractivity contribution in [2.45, 2.75) is 0 Å². The summed E-state index contributed by atoms with van der Waals surface area (Å²) in [6.45, 7) is 0. The highest BCUT2D eigenvalue weighted by Crippen LogP contribution is 2.32. The van der Waals surface area contributed by atoms with Crippen LogP contribution in [0.1, 0.15) is 10.4 Å². The van der Waals surface area contributed by atoms with Gasteiger partial charge in [0, 0.05) is 17.8 Å². The highest BCUT2D eigenvalue weighted by Gasteiger charge is 2.16. The van der Waals surface area contributed by atoms with Gasteiger partial charge in [-0.2, -0.15) is 0 Å². The summed E-state index contributed by atoms with van der Waals surface area (Å²) in [4.78, 5) is 33.8. The molecule has 0 aliphatic carbocycles. The number of aromatic nitrogens is 3. The van der Waals surface area contributed by atoms with Gasteiger partial charge in [-0.05, 0) is 12.1 Å². The van der Waals surface area contributed by atoms with Gasteiger partial charge >= 0.3 is 0 Å². The molecule has 1 amide bonds. The van der Waals surface area contributed by atoms with E-state index >= 15 is 0 Å². The van der Waals surface area contributed by atoms with E-state index in [-0.39, 0.29) is 5.56 Å².